The summed E-state index contributed by atoms with van der Waals surface area (Å²) in [6.07, 6.45) is 0. The van der Waals surface area contributed by atoms with E-state index in [2.05, 4.69) is 5.14 Å². The van der Waals surface area contributed by atoms with E-state index in [0.717, 1.165) is 0 Å². The molecule has 0 aliphatic rings. The number of hydrogen-bond donors (Lipinski definition) is 1. The molecule has 0 atom stereocenters. The molecule has 1 aromatic rings. The van der Waals surface area contributed by atoms with Gasteiger partial charge in [0, 0.05) is 5.56 Å². The van der Waals surface area contributed by atoms with Crippen LogP contribution in [-0.4, -0.2) is 23.8 Å². The Morgan fingerprint density at radius 3 is 2.19 bits per heavy atom. The minimum absolute atomic E-state index is 0.145. The lowest BCUT2D eigenvalue weighted by atomic mass is 10.2. The summed E-state index contributed by atoms with van der Waals surface area (Å²) in [7, 11) is -4.73. The SMILES string of the molecule is NS(=O)(=O)N(C(=O)c1ccccc1)[N+](=O)[O-]. The summed E-state index contributed by atoms with van der Waals surface area (Å²) in [6, 6.07) is 6.93. The Balaban J connectivity index is 3.18. The Morgan fingerprint density at radius 2 is 1.81 bits per heavy atom. The van der Waals surface area contributed by atoms with Crippen LogP contribution in [0.2, 0.25) is 0 Å². The minimum atomic E-state index is -4.73. The molecule has 8 nitrogen and oxygen atoms in total. The van der Waals surface area contributed by atoms with Gasteiger partial charge in [-0.05, 0) is 12.1 Å². The van der Waals surface area contributed by atoms with Crippen LogP contribution in [0.15, 0.2) is 30.3 Å². The van der Waals surface area contributed by atoms with Gasteiger partial charge in [0.15, 0.2) is 5.03 Å². The molecular weight excluding hydrogens is 238 g/mol. The van der Waals surface area contributed by atoms with Crippen molar-refractivity contribution in [3.05, 3.63) is 46.0 Å². The van der Waals surface area contributed by atoms with E-state index in [1.807, 2.05) is 0 Å². The van der Waals surface area contributed by atoms with Gasteiger partial charge in [0.25, 0.3) is 0 Å². The van der Waals surface area contributed by atoms with Crippen LogP contribution in [0.5, 0.6) is 0 Å². The molecule has 0 saturated carbocycles. The molecule has 16 heavy (non-hydrogen) atoms. The summed E-state index contributed by atoms with van der Waals surface area (Å²) in [5, 5.41) is 13.6. The molecule has 0 spiro atoms. The lowest BCUT2D eigenvalue weighted by Gasteiger charge is -2.08. The van der Waals surface area contributed by atoms with E-state index in [0.29, 0.717) is 0 Å². The van der Waals surface area contributed by atoms with Gasteiger partial charge in [-0.15, -0.1) is 0 Å². The largest absolute Gasteiger partial charge is 0.356 e. The quantitative estimate of drug-likeness (QED) is 0.569. The molecule has 0 radical (unpaired) electrons. The summed E-state index contributed by atoms with van der Waals surface area (Å²) in [5.74, 6) is -1.31. The zero-order valence-corrected chi connectivity index (χ0v) is 8.62. The average Bonchev–Trinajstić information content (AvgIpc) is 2.16. The molecule has 1 amide bonds. The van der Waals surface area contributed by atoms with Gasteiger partial charge < -0.3 is 0 Å². The first-order valence-electron chi connectivity index (χ1n) is 3.91. The number of rotatable bonds is 3. The maximum absolute atomic E-state index is 11.5. The van der Waals surface area contributed by atoms with Crippen molar-refractivity contribution in [3.63, 3.8) is 0 Å². The maximum atomic E-state index is 11.5. The van der Waals surface area contributed by atoms with Crippen LogP contribution in [0.3, 0.4) is 0 Å². The summed E-state index contributed by atoms with van der Waals surface area (Å²) in [4.78, 5) is 21.9. The molecule has 86 valence electrons. The summed E-state index contributed by atoms with van der Waals surface area (Å²) in [5.41, 5.74) is -0.145. The second-order valence-corrected chi connectivity index (χ2v) is 4.07. The van der Waals surface area contributed by atoms with Gasteiger partial charge >= 0.3 is 16.1 Å². The van der Waals surface area contributed by atoms with Gasteiger partial charge in [-0.25, -0.2) is 15.3 Å². The van der Waals surface area contributed by atoms with Crippen LogP contribution < -0.4 is 5.14 Å². The fourth-order valence-electron chi connectivity index (χ4n) is 0.974. The molecule has 0 saturated heterocycles. The number of nitrogens with zero attached hydrogens (tertiary/aromatic N) is 2. The average molecular weight is 245 g/mol. The number of benzene rings is 1. The molecule has 0 heterocycles. The van der Waals surface area contributed by atoms with Crippen molar-refractivity contribution in [3.8, 4) is 0 Å². The highest BCUT2D eigenvalue weighted by Gasteiger charge is 2.36. The van der Waals surface area contributed by atoms with Crippen molar-refractivity contribution in [1.29, 1.82) is 0 Å². The molecular formula is C7H7N3O5S. The van der Waals surface area contributed by atoms with E-state index in [4.69, 9.17) is 0 Å². The smallest absolute Gasteiger partial charge is 0.261 e. The van der Waals surface area contributed by atoms with E-state index in [-0.39, 0.29) is 5.56 Å². The van der Waals surface area contributed by atoms with Crippen LogP contribution in [0, 0.1) is 10.1 Å². The molecule has 0 aromatic heterocycles. The third kappa shape index (κ3) is 2.52. The molecule has 9 heteroatoms. The topological polar surface area (TPSA) is 124 Å². The standard InChI is InChI=1S/C7H7N3O5S/c8-16(14,15)9(10(12)13)7(11)6-4-2-1-3-5-6/h1-5H,(H2,8,14,15). The van der Waals surface area contributed by atoms with Crippen LogP contribution in [0.1, 0.15) is 10.4 Å². The Labute approximate surface area is 90.6 Å². The van der Waals surface area contributed by atoms with Crippen molar-refractivity contribution in [2.24, 2.45) is 5.14 Å². The number of nitrogens with two attached hydrogens (primary N) is 1. The molecule has 2 N–H and O–H groups in total. The molecule has 0 aliphatic heterocycles. The lowest BCUT2D eigenvalue weighted by Crippen LogP contribution is -2.45. The third-order valence-electron chi connectivity index (χ3n) is 1.58. The van der Waals surface area contributed by atoms with E-state index in [1.54, 1.807) is 6.07 Å². The van der Waals surface area contributed by atoms with Crippen molar-refractivity contribution >= 4 is 16.1 Å². The Morgan fingerprint density at radius 1 is 1.31 bits per heavy atom. The second-order valence-electron chi connectivity index (χ2n) is 2.70. The van der Waals surface area contributed by atoms with Crippen LogP contribution >= 0.6 is 0 Å². The Hall–Kier alpha value is -2.00. The number of hydrogen-bond acceptors (Lipinski definition) is 5. The first-order valence-corrected chi connectivity index (χ1v) is 5.41. The Kier molecular flexibility index (Phi) is 3.20. The minimum Gasteiger partial charge on any atom is -0.261 e. The van der Waals surface area contributed by atoms with Crippen molar-refractivity contribution < 1.29 is 18.2 Å². The van der Waals surface area contributed by atoms with Crippen molar-refractivity contribution in [2.45, 2.75) is 0 Å². The first-order chi connectivity index (χ1) is 7.34. The van der Waals surface area contributed by atoms with Gasteiger partial charge in [0.05, 0.1) is 4.41 Å². The molecule has 1 rings (SSSR count). The lowest BCUT2D eigenvalue weighted by molar-refractivity contribution is -0.598. The van der Waals surface area contributed by atoms with E-state index >= 15 is 0 Å². The number of hydrazine groups is 1. The highest BCUT2D eigenvalue weighted by Crippen LogP contribution is 2.06. The summed E-state index contributed by atoms with van der Waals surface area (Å²) < 4.78 is 21.0. The fourth-order valence-corrected chi connectivity index (χ4v) is 1.50. The zero-order chi connectivity index (χ0) is 12.3. The van der Waals surface area contributed by atoms with Gasteiger partial charge in [0.2, 0.25) is 0 Å². The number of amides is 1. The van der Waals surface area contributed by atoms with Crippen LogP contribution in [0.25, 0.3) is 0 Å². The molecule has 0 unspecified atom stereocenters. The van der Waals surface area contributed by atoms with Gasteiger partial charge in [-0.3, -0.25) is 4.79 Å². The molecule has 0 aliphatic carbocycles. The monoisotopic (exact) mass is 245 g/mol. The van der Waals surface area contributed by atoms with Gasteiger partial charge in [-0.1, -0.05) is 18.2 Å². The van der Waals surface area contributed by atoms with Crippen LogP contribution in [0.4, 0.5) is 0 Å². The highest BCUT2D eigenvalue weighted by atomic mass is 32.2. The zero-order valence-electron chi connectivity index (χ0n) is 7.81. The Bertz CT molecular complexity index is 512. The van der Waals surface area contributed by atoms with Crippen LogP contribution in [-0.2, 0) is 10.2 Å². The molecule has 1 aromatic carbocycles. The highest BCUT2D eigenvalue weighted by molar-refractivity contribution is 7.87. The first kappa shape index (κ1) is 12.1. The fraction of sp³-hybridized carbons (Fsp3) is 0. The van der Waals surface area contributed by atoms with Crippen molar-refractivity contribution in [1.82, 2.24) is 4.41 Å². The summed E-state index contributed by atoms with van der Waals surface area (Å²) >= 11 is 0. The predicted molar refractivity (Wildman–Crippen MR) is 52.7 cm³/mol. The van der Waals surface area contributed by atoms with Crippen molar-refractivity contribution in [2.75, 3.05) is 0 Å². The maximum Gasteiger partial charge on any atom is 0.356 e. The molecule has 0 fully saturated rings. The number of carbonyl (C=O) groups is 1. The van der Waals surface area contributed by atoms with Gasteiger partial charge in [-0.2, -0.15) is 8.42 Å². The molecule has 0 bridgehead atoms. The summed E-state index contributed by atoms with van der Waals surface area (Å²) in [6.45, 7) is 0. The van der Waals surface area contributed by atoms with Gasteiger partial charge in [0.1, 0.15) is 0 Å². The van der Waals surface area contributed by atoms with E-state index < -0.39 is 25.6 Å². The normalized spacial score (nSPS) is 10.8. The second kappa shape index (κ2) is 4.24. The van der Waals surface area contributed by atoms with E-state index in [1.165, 1.54) is 24.3 Å². The number of nitro groups is 1. The predicted octanol–water partition coefficient (Wildman–Crippen LogP) is -0.476. The number of carbonyl (C=O) groups excluding carboxylic acids is 1. The third-order valence-corrected chi connectivity index (χ3v) is 2.37. The van der Waals surface area contributed by atoms with E-state index in [9.17, 15) is 23.3 Å².